The first-order chi connectivity index (χ1) is 10.7. The first-order valence-corrected chi connectivity index (χ1v) is 6.92. The molecule has 1 aromatic carbocycles. The summed E-state index contributed by atoms with van der Waals surface area (Å²) in [4.78, 5) is 27.7. The van der Waals surface area contributed by atoms with Gasteiger partial charge in [0.2, 0.25) is 0 Å². The molecule has 0 bridgehead atoms. The third kappa shape index (κ3) is 4.31. The first kappa shape index (κ1) is 15.5. The molecule has 0 aliphatic carbocycles. The quantitative estimate of drug-likeness (QED) is 0.824. The van der Waals surface area contributed by atoms with Crippen molar-refractivity contribution in [2.75, 3.05) is 0 Å². The van der Waals surface area contributed by atoms with Crippen LogP contribution in [0.2, 0.25) is 0 Å². The zero-order valence-electron chi connectivity index (χ0n) is 12.2. The molecule has 0 radical (unpaired) electrons. The monoisotopic (exact) mass is 299 g/mol. The fraction of sp³-hybridized carbons (Fsp3) is 0.188. The van der Waals surface area contributed by atoms with Crippen molar-refractivity contribution in [1.82, 2.24) is 15.8 Å². The zero-order valence-corrected chi connectivity index (χ0v) is 12.2. The van der Waals surface area contributed by atoms with Gasteiger partial charge in [-0.1, -0.05) is 25.1 Å². The third-order valence-corrected chi connectivity index (χ3v) is 2.91. The van der Waals surface area contributed by atoms with Crippen molar-refractivity contribution in [3.63, 3.8) is 0 Å². The molecule has 2 aromatic rings. The number of amides is 2. The number of nitrogens with one attached hydrogen (secondary N) is 2. The molecule has 1 atom stereocenters. The second kappa shape index (κ2) is 7.78. The highest BCUT2D eigenvalue weighted by atomic mass is 16.5. The summed E-state index contributed by atoms with van der Waals surface area (Å²) in [6, 6.07) is 12.3. The summed E-state index contributed by atoms with van der Waals surface area (Å²) in [5.74, 6) is -0.248. The van der Waals surface area contributed by atoms with E-state index in [0.29, 0.717) is 17.7 Å². The van der Waals surface area contributed by atoms with E-state index >= 15 is 0 Å². The molecule has 22 heavy (non-hydrogen) atoms. The van der Waals surface area contributed by atoms with Gasteiger partial charge in [0.05, 0.1) is 5.56 Å². The summed E-state index contributed by atoms with van der Waals surface area (Å²) in [6.07, 6.45) is 2.77. The Kier molecular flexibility index (Phi) is 5.48. The van der Waals surface area contributed by atoms with Crippen molar-refractivity contribution < 1.29 is 14.3 Å². The van der Waals surface area contributed by atoms with Gasteiger partial charge in [-0.15, -0.1) is 0 Å². The Balaban J connectivity index is 1.88. The lowest BCUT2D eigenvalue weighted by atomic mass is 10.2. The van der Waals surface area contributed by atoms with Crippen LogP contribution in [-0.4, -0.2) is 22.9 Å². The molecule has 1 aromatic heterocycles. The van der Waals surface area contributed by atoms with Gasteiger partial charge in [-0.3, -0.25) is 25.4 Å². The normalized spacial score (nSPS) is 11.3. The van der Waals surface area contributed by atoms with Crippen LogP contribution in [0.4, 0.5) is 0 Å². The summed E-state index contributed by atoms with van der Waals surface area (Å²) in [5, 5.41) is 0. The van der Waals surface area contributed by atoms with Gasteiger partial charge in [-0.25, -0.2) is 0 Å². The minimum absolute atomic E-state index is 0.361. The average molecular weight is 299 g/mol. The highest BCUT2D eigenvalue weighted by molar-refractivity contribution is 5.95. The van der Waals surface area contributed by atoms with Crippen LogP contribution in [0.15, 0.2) is 54.9 Å². The minimum Gasteiger partial charge on any atom is -0.481 e. The number of pyridine rings is 1. The van der Waals surface area contributed by atoms with Gasteiger partial charge in [0, 0.05) is 12.4 Å². The number of hydrogen-bond donors (Lipinski definition) is 2. The van der Waals surface area contributed by atoms with E-state index in [1.54, 1.807) is 30.5 Å². The number of benzene rings is 1. The molecule has 0 aliphatic rings. The van der Waals surface area contributed by atoms with E-state index in [9.17, 15) is 9.59 Å². The van der Waals surface area contributed by atoms with Gasteiger partial charge >= 0.3 is 0 Å². The SMILES string of the molecule is CCC(Oc1ccccc1)C(=O)NNC(=O)c1cccnc1. The number of ether oxygens (including phenoxy) is 1. The fourth-order valence-electron chi connectivity index (χ4n) is 1.75. The van der Waals surface area contributed by atoms with Crippen LogP contribution in [0.1, 0.15) is 23.7 Å². The molecule has 0 aliphatic heterocycles. The standard InChI is InChI=1S/C16H17N3O3/c1-2-14(22-13-8-4-3-5-9-13)16(21)19-18-15(20)12-7-6-10-17-11-12/h3-11,14H,2H2,1H3,(H,18,20)(H,19,21). The minimum atomic E-state index is -0.684. The van der Waals surface area contributed by atoms with E-state index in [4.69, 9.17) is 4.74 Å². The maximum Gasteiger partial charge on any atom is 0.279 e. The molecule has 1 heterocycles. The molecule has 0 spiro atoms. The van der Waals surface area contributed by atoms with E-state index in [1.165, 1.54) is 6.20 Å². The van der Waals surface area contributed by atoms with Crippen molar-refractivity contribution in [3.8, 4) is 5.75 Å². The lowest BCUT2D eigenvalue weighted by Crippen LogP contribution is -2.47. The van der Waals surface area contributed by atoms with Gasteiger partial charge < -0.3 is 4.74 Å². The Labute approximate surface area is 128 Å². The molecular weight excluding hydrogens is 282 g/mol. The molecule has 2 amide bonds. The summed E-state index contributed by atoms with van der Waals surface area (Å²) in [6.45, 7) is 1.83. The number of rotatable bonds is 5. The van der Waals surface area contributed by atoms with E-state index < -0.39 is 17.9 Å². The molecule has 6 heteroatoms. The Morgan fingerprint density at radius 3 is 2.55 bits per heavy atom. The lowest BCUT2D eigenvalue weighted by Gasteiger charge is -2.17. The zero-order chi connectivity index (χ0) is 15.8. The van der Waals surface area contributed by atoms with Gasteiger partial charge in [-0.2, -0.15) is 0 Å². The number of hydrazine groups is 1. The van der Waals surface area contributed by atoms with Gasteiger partial charge in [-0.05, 0) is 30.7 Å². The molecule has 114 valence electrons. The molecule has 0 saturated heterocycles. The van der Waals surface area contributed by atoms with Crippen LogP contribution in [0.5, 0.6) is 5.75 Å². The Morgan fingerprint density at radius 2 is 1.91 bits per heavy atom. The maximum absolute atomic E-state index is 12.0. The number of nitrogens with zero attached hydrogens (tertiary/aromatic N) is 1. The smallest absolute Gasteiger partial charge is 0.279 e. The summed E-state index contributed by atoms with van der Waals surface area (Å²) >= 11 is 0. The molecule has 0 fully saturated rings. The highest BCUT2D eigenvalue weighted by Gasteiger charge is 2.19. The third-order valence-electron chi connectivity index (χ3n) is 2.91. The van der Waals surface area contributed by atoms with Crippen molar-refractivity contribution >= 4 is 11.8 Å². The van der Waals surface area contributed by atoms with Crippen LogP contribution in [0, 0.1) is 0 Å². The van der Waals surface area contributed by atoms with Gasteiger partial charge in [0.25, 0.3) is 11.8 Å². The molecule has 2 N–H and O–H groups in total. The topological polar surface area (TPSA) is 80.3 Å². The largest absolute Gasteiger partial charge is 0.481 e. The van der Waals surface area contributed by atoms with Crippen molar-refractivity contribution in [2.24, 2.45) is 0 Å². The molecule has 1 unspecified atom stereocenters. The number of hydrogen-bond acceptors (Lipinski definition) is 4. The summed E-state index contributed by atoms with van der Waals surface area (Å²) in [5.41, 5.74) is 5.06. The molecule has 0 saturated carbocycles. The maximum atomic E-state index is 12.0. The second-order valence-electron chi connectivity index (χ2n) is 4.51. The summed E-state index contributed by atoms with van der Waals surface area (Å²) in [7, 11) is 0. The van der Waals surface area contributed by atoms with E-state index in [-0.39, 0.29) is 0 Å². The van der Waals surface area contributed by atoms with E-state index in [2.05, 4.69) is 15.8 Å². The van der Waals surface area contributed by atoms with Crippen LogP contribution >= 0.6 is 0 Å². The Bertz CT molecular complexity index is 617. The van der Waals surface area contributed by atoms with Crippen LogP contribution in [0.25, 0.3) is 0 Å². The number of aromatic nitrogens is 1. The van der Waals surface area contributed by atoms with E-state index in [1.807, 2.05) is 25.1 Å². The lowest BCUT2D eigenvalue weighted by molar-refractivity contribution is -0.128. The molecular formula is C16H17N3O3. The summed E-state index contributed by atoms with van der Waals surface area (Å²) < 4.78 is 5.59. The number of carbonyl (C=O) groups is 2. The van der Waals surface area contributed by atoms with Gasteiger partial charge in [0.15, 0.2) is 6.10 Å². The Morgan fingerprint density at radius 1 is 1.14 bits per heavy atom. The average Bonchev–Trinajstić information content (AvgIpc) is 2.59. The van der Waals surface area contributed by atoms with Crippen LogP contribution in [-0.2, 0) is 4.79 Å². The van der Waals surface area contributed by atoms with Crippen molar-refractivity contribution in [3.05, 3.63) is 60.4 Å². The van der Waals surface area contributed by atoms with Gasteiger partial charge in [0.1, 0.15) is 5.75 Å². The van der Waals surface area contributed by atoms with Crippen molar-refractivity contribution in [2.45, 2.75) is 19.4 Å². The second-order valence-corrected chi connectivity index (χ2v) is 4.51. The van der Waals surface area contributed by atoms with Crippen LogP contribution < -0.4 is 15.6 Å². The number of carbonyl (C=O) groups excluding carboxylic acids is 2. The predicted molar refractivity (Wildman–Crippen MR) is 81.0 cm³/mol. The fourth-order valence-corrected chi connectivity index (χ4v) is 1.75. The molecule has 2 rings (SSSR count). The van der Waals surface area contributed by atoms with E-state index in [0.717, 1.165) is 0 Å². The Hall–Kier alpha value is -2.89. The molecule has 6 nitrogen and oxygen atoms in total. The number of para-hydroxylation sites is 1. The predicted octanol–water partition coefficient (Wildman–Crippen LogP) is 1.70. The van der Waals surface area contributed by atoms with Crippen molar-refractivity contribution in [1.29, 1.82) is 0 Å². The van der Waals surface area contributed by atoms with Crippen LogP contribution in [0.3, 0.4) is 0 Å². The first-order valence-electron chi connectivity index (χ1n) is 6.92. The highest BCUT2D eigenvalue weighted by Crippen LogP contribution is 2.12.